The highest BCUT2D eigenvalue weighted by Gasteiger charge is 2.34. The van der Waals surface area contributed by atoms with Crippen molar-refractivity contribution in [2.75, 3.05) is 0 Å². The minimum Gasteiger partial charge on any atom is -0.485 e. The van der Waals surface area contributed by atoms with Crippen molar-refractivity contribution in [2.24, 2.45) is 0 Å². The van der Waals surface area contributed by atoms with Gasteiger partial charge >= 0.3 is 0 Å². The molecule has 2 aliphatic carbocycles. The molecule has 0 saturated heterocycles. The van der Waals surface area contributed by atoms with E-state index in [4.69, 9.17) is 24.1 Å². The number of aromatic nitrogens is 3. The molecule has 8 aromatic rings. The molecule has 3 heterocycles. The topological polar surface area (TPSA) is 61.0 Å². The number of hydrogen-bond acceptors (Lipinski definition) is 5. The van der Waals surface area contributed by atoms with Crippen LogP contribution in [0.2, 0.25) is 0 Å². The fourth-order valence-corrected chi connectivity index (χ4v) is 8.34. The third kappa shape index (κ3) is 4.88. The van der Waals surface area contributed by atoms with Gasteiger partial charge in [-0.15, -0.1) is 0 Å². The van der Waals surface area contributed by atoms with Crippen molar-refractivity contribution in [3.05, 3.63) is 180 Å². The maximum Gasteiger partial charge on any atom is 0.164 e. The monoisotopic (exact) mass is 683 g/mol. The van der Waals surface area contributed by atoms with Gasteiger partial charge in [-0.1, -0.05) is 134 Å². The van der Waals surface area contributed by atoms with Crippen LogP contribution in [0.3, 0.4) is 0 Å². The lowest BCUT2D eigenvalue weighted by atomic mass is 9.85. The van der Waals surface area contributed by atoms with E-state index in [1.165, 1.54) is 16.3 Å². The number of ether oxygens (including phenoxy) is 1. The first kappa shape index (κ1) is 30.1. The molecule has 5 heteroatoms. The molecule has 3 atom stereocenters. The van der Waals surface area contributed by atoms with Crippen LogP contribution in [0.4, 0.5) is 0 Å². The first-order chi connectivity index (χ1) is 26.1. The van der Waals surface area contributed by atoms with Gasteiger partial charge in [0, 0.05) is 50.6 Å². The summed E-state index contributed by atoms with van der Waals surface area (Å²) in [5.74, 6) is 4.22. The molecule has 5 nitrogen and oxygen atoms in total. The third-order valence-electron chi connectivity index (χ3n) is 11.1. The summed E-state index contributed by atoms with van der Waals surface area (Å²) in [6, 6.07) is 44.5. The summed E-state index contributed by atoms with van der Waals surface area (Å²) in [5.41, 5.74) is 8.27. The summed E-state index contributed by atoms with van der Waals surface area (Å²) in [5, 5.41) is 5.71. The van der Waals surface area contributed by atoms with E-state index in [0.29, 0.717) is 17.5 Å². The normalized spacial score (nSPS) is 18.7. The molecule has 1 aliphatic heterocycles. The van der Waals surface area contributed by atoms with Crippen molar-refractivity contribution in [1.29, 1.82) is 0 Å². The first-order valence-electron chi connectivity index (χ1n) is 18.3. The molecular formula is C48H33N3O2. The quantitative estimate of drug-likeness (QED) is 0.185. The van der Waals surface area contributed by atoms with Crippen LogP contribution >= 0.6 is 0 Å². The van der Waals surface area contributed by atoms with Crippen molar-refractivity contribution in [2.45, 2.75) is 31.3 Å². The zero-order valence-corrected chi connectivity index (χ0v) is 29.0. The van der Waals surface area contributed by atoms with Gasteiger partial charge in [-0.3, -0.25) is 0 Å². The van der Waals surface area contributed by atoms with Gasteiger partial charge in [-0.2, -0.15) is 0 Å². The van der Waals surface area contributed by atoms with Crippen molar-refractivity contribution in [3.8, 4) is 28.5 Å². The van der Waals surface area contributed by atoms with Crippen molar-refractivity contribution in [1.82, 2.24) is 15.0 Å². The summed E-state index contributed by atoms with van der Waals surface area (Å²) >= 11 is 0. The maximum absolute atomic E-state index is 6.93. The maximum atomic E-state index is 6.93. The van der Waals surface area contributed by atoms with E-state index in [1.807, 2.05) is 6.07 Å². The fraction of sp³-hybridized carbons (Fsp3) is 0.104. The van der Waals surface area contributed by atoms with Gasteiger partial charge in [-0.25, -0.2) is 15.0 Å². The average molecular weight is 684 g/mol. The number of furan rings is 1. The number of benzene rings is 6. The van der Waals surface area contributed by atoms with Crippen LogP contribution in [0.1, 0.15) is 53.5 Å². The van der Waals surface area contributed by atoms with Gasteiger partial charge in [0.15, 0.2) is 17.5 Å². The van der Waals surface area contributed by atoms with Gasteiger partial charge in [0.25, 0.3) is 0 Å². The SMILES string of the molecule is CC1CC=C(c2nc(-c3ccc4ccccc4c3)nc(-c3ccc4ccccc4c3)n2)c2c1oc1c(C3=C[C@@H]4c5ccccc5OC4C=C3)cccc21. The summed E-state index contributed by atoms with van der Waals surface area (Å²) in [6.07, 6.45) is 9.82. The van der Waals surface area contributed by atoms with Crippen LogP contribution < -0.4 is 4.74 Å². The molecule has 6 aromatic carbocycles. The Bertz CT molecular complexity index is 2800. The second-order valence-corrected chi connectivity index (χ2v) is 14.3. The Labute approximate surface area is 306 Å². The Kier molecular flexibility index (Phi) is 6.65. The number of rotatable bonds is 4. The molecule has 252 valence electrons. The van der Waals surface area contributed by atoms with Crippen LogP contribution in [-0.2, 0) is 0 Å². The van der Waals surface area contributed by atoms with Gasteiger partial charge in [-0.05, 0) is 57.8 Å². The number of fused-ring (bicyclic) bond motifs is 8. The lowest BCUT2D eigenvalue weighted by molar-refractivity contribution is 0.269. The Balaban J connectivity index is 1.08. The fourth-order valence-electron chi connectivity index (χ4n) is 8.34. The Morgan fingerprint density at radius 3 is 2.04 bits per heavy atom. The minimum atomic E-state index is 0.00663. The van der Waals surface area contributed by atoms with Gasteiger partial charge in [0.1, 0.15) is 23.2 Å². The second kappa shape index (κ2) is 11.7. The van der Waals surface area contributed by atoms with E-state index < -0.39 is 0 Å². The van der Waals surface area contributed by atoms with Crippen LogP contribution in [0.15, 0.2) is 156 Å². The van der Waals surface area contributed by atoms with Crippen LogP contribution in [0.25, 0.3) is 66.4 Å². The molecule has 2 aromatic heterocycles. The van der Waals surface area contributed by atoms with Gasteiger partial charge in [0.2, 0.25) is 0 Å². The number of nitrogens with zero attached hydrogens (tertiary/aromatic N) is 3. The molecule has 3 aliphatic rings. The number of hydrogen-bond donors (Lipinski definition) is 0. The highest BCUT2D eigenvalue weighted by molar-refractivity contribution is 6.02. The predicted octanol–water partition coefficient (Wildman–Crippen LogP) is 11.7. The smallest absolute Gasteiger partial charge is 0.164 e. The molecule has 11 rings (SSSR count). The number of allylic oxidation sites excluding steroid dienone is 3. The highest BCUT2D eigenvalue weighted by atomic mass is 16.5. The summed E-state index contributed by atoms with van der Waals surface area (Å²) in [6.45, 7) is 2.24. The Morgan fingerprint density at radius 1 is 0.642 bits per heavy atom. The largest absolute Gasteiger partial charge is 0.485 e. The molecule has 0 radical (unpaired) electrons. The average Bonchev–Trinajstić information content (AvgIpc) is 3.80. The Hall–Kier alpha value is -6.59. The molecular weight excluding hydrogens is 651 g/mol. The van der Waals surface area contributed by atoms with Gasteiger partial charge in [0.05, 0.1) is 0 Å². The molecule has 0 spiro atoms. The second-order valence-electron chi connectivity index (χ2n) is 14.3. The molecule has 2 unspecified atom stereocenters. The third-order valence-corrected chi connectivity index (χ3v) is 11.1. The van der Waals surface area contributed by atoms with Crippen molar-refractivity contribution >= 4 is 43.7 Å². The van der Waals surface area contributed by atoms with E-state index in [1.54, 1.807) is 0 Å². The van der Waals surface area contributed by atoms with E-state index in [2.05, 4.69) is 153 Å². The minimum absolute atomic E-state index is 0.00663. The van der Waals surface area contributed by atoms with E-state index in [-0.39, 0.29) is 17.9 Å². The highest BCUT2D eigenvalue weighted by Crippen LogP contribution is 2.47. The van der Waals surface area contributed by atoms with Crippen LogP contribution in [0.5, 0.6) is 5.75 Å². The van der Waals surface area contributed by atoms with Crippen LogP contribution in [-0.4, -0.2) is 21.1 Å². The lowest BCUT2D eigenvalue weighted by Crippen LogP contribution is -2.16. The molecule has 0 N–H and O–H groups in total. The van der Waals surface area contributed by atoms with Crippen LogP contribution in [0, 0.1) is 0 Å². The molecule has 0 saturated carbocycles. The molecule has 0 fully saturated rings. The molecule has 53 heavy (non-hydrogen) atoms. The zero-order valence-electron chi connectivity index (χ0n) is 29.0. The number of para-hydroxylation sites is 2. The van der Waals surface area contributed by atoms with E-state index in [9.17, 15) is 0 Å². The van der Waals surface area contributed by atoms with E-state index >= 15 is 0 Å². The first-order valence-corrected chi connectivity index (χ1v) is 18.3. The summed E-state index contributed by atoms with van der Waals surface area (Å²) in [4.78, 5) is 15.6. The summed E-state index contributed by atoms with van der Waals surface area (Å²) < 4.78 is 13.2. The van der Waals surface area contributed by atoms with E-state index in [0.717, 1.165) is 73.1 Å². The van der Waals surface area contributed by atoms with Gasteiger partial charge < -0.3 is 9.15 Å². The van der Waals surface area contributed by atoms with Crippen molar-refractivity contribution in [3.63, 3.8) is 0 Å². The van der Waals surface area contributed by atoms with Crippen molar-refractivity contribution < 1.29 is 9.15 Å². The predicted molar refractivity (Wildman–Crippen MR) is 213 cm³/mol. The lowest BCUT2D eigenvalue weighted by Gasteiger charge is -2.19. The summed E-state index contributed by atoms with van der Waals surface area (Å²) in [7, 11) is 0. The molecule has 0 bridgehead atoms. The molecule has 0 amide bonds. The Morgan fingerprint density at radius 2 is 1.30 bits per heavy atom. The standard InChI is InChI=1S/C48H33N3O2/c1-28-17-23-39(43-38-15-8-14-36(45(38)53-44(28)43)33-22-24-42-40(27-33)37-13-6-7-16-41(37)52-42)48-50-46(34-20-18-29-9-2-4-11-31(29)25-34)49-47(51-48)35-21-19-30-10-3-5-12-32(30)26-35/h2-16,18-28,40,42H,17H2,1H3/t28?,40-,42?/m1/s1. The zero-order chi connectivity index (χ0) is 35.0.